The van der Waals surface area contributed by atoms with E-state index in [1.165, 1.54) is 12.1 Å². The number of hydrogen-bond donors (Lipinski definition) is 0. The molecule has 2 aromatic carbocycles. The summed E-state index contributed by atoms with van der Waals surface area (Å²) in [5.74, 6) is -1.86. The van der Waals surface area contributed by atoms with Gasteiger partial charge in [0, 0.05) is 23.1 Å². The maximum Gasteiger partial charge on any atom is 0.198 e. The fraction of sp³-hybridized carbons (Fsp3) is 0.188. The smallest absolute Gasteiger partial charge is 0.198 e. The lowest BCUT2D eigenvalue weighted by molar-refractivity contribution is 0.103. The fourth-order valence-electron chi connectivity index (χ4n) is 2.65. The first-order chi connectivity index (χ1) is 10.4. The third kappa shape index (κ3) is 2.57. The minimum absolute atomic E-state index is 0.0485. The molecule has 114 valence electrons. The highest BCUT2D eigenvalue weighted by Gasteiger charge is 2.27. The average molecular weight is 387 g/mol. The van der Waals surface area contributed by atoms with E-state index in [0.717, 1.165) is 23.3 Å². The number of ketones is 1. The second-order valence-corrected chi connectivity index (χ2v) is 6.51. The van der Waals surface area contributed by atoms with Crippen molar-refractivity contribution in [1.82, 2.24) is 4.90 Å². The first-order valence-electron chi connectivity index (χ1n) is 6.56. The Balaban J connectivity index is 2.15. The fourth-order valence-corrected chi connectivity index (χ4v) is 3.60. The molecule has 0 spiro atoms. The van der Waals surface area contributed by atoms with Gasteiger partial charge in [-0.05, 0) is 58.4 Å². The van der Waals surface area contributed by atoms with Crippen LogP contribution in [0.1, 0.15) is 27.0 Å². The topological polar surface area (TPSA) is 20.3 Å². The molecule has 0 saturated carbocycles. The zero-order valence-electron chi connectivity index (χ0n) is 11.6. The molecule has 2 aromatic rings. The minimum Gasteiger partial charge on any atom is -0.298 e. The van der Waals surface area contributed by atoms with Crippen molar-refractivity contribution in [3.63, 3.8) is 0 Å². The molecular weight excluding hydrogens is 376 g/mol. The summed E-state index contributed by atoms with van der Waals surface area (Å²) >= 11 is 9.28. The number of hydrogen-bond acceptors (Lipinski definition) is 2. The number of rotatable bonds is 2. The van der Waals surface area contributed by atoms with E-state index in [-0.39, 0.29) is 16.1 Å². The van der Waals surface area contributed by atoms with E-state index in [1.807, 2.05) is 11.9 Å². The molecule has 0 amide bonds. The molecule has 0 aromatic heterocycles. The van der Waals surface area contributed by atoms with Crippen LogP contribution < -0.4 is 0 Å². The van der Waals surface area contributed by atoms with Crippen molar-refractivity contribution < 1.29 is 13.6 Å². The predicted octanol–water partition coefficient (Wildman–Crippen LogP) is 4.56. The lowest BCUT2D eigenvalue weighted by Gasteiger charge is -2.11. The first kappa shape index (κ1) is 15.6. The Bertz CT molecular complexity index is 794. The minimum atomic E-state index is -0.633. The van der Waals surface area contributed by atoms with E-state index in [9.17, 15) is 13.6 Å². The van der Waals surface area contributed by atoms with Crippen molar-refractivity contribution in [1.29, 1.82) is 0 Å². The zero-order chi connectivity index (χ0) is 16.0. The third-order valence-electron chi connectivity index (χ3n) is 3.68. The summed E-state index contributed by atoms with van der Waals surface area (Å²) in [5.41, 5.74) is 1.56. The number of nitrogens with zero attached hydrogens (tertiary/aromatic N) is 1. The Labute approximate surface area is 139 Å². The van der Waals surface area contributed by atoms with E-state index in [2.05, 4.69) is 15.9 Å². The third-order valence-corrected chi connectivity index (χ3v) is 4.88. The van der Waals surface area contributed by atoms with Crippen molar-refractivity contribution in [3.05, 3.63) is 67.6 Å². The summed E-state index contributed by atoms with van der Waals surface area (Å²) in [6.07, 6.45) is 0. The Hall–Kier alpha value is -1.30. The van der Waals surface area contributed by atoms with Gasteiger partial charge in [-0.3, -0.25) is 9.69 Å². The van der Waals surface area contributed by atoms with Crippen molar-refractivity contribution in [2.24, 2.45) is 0 Å². The van der Waals surface area contributed by atoms with Crippen LogP contribution in [-0.4, -0.2) is 17.7 Å². The van der Waals surface area contributed by atoms with Crippen LogP contribution in [0.2, 0.25) is 5.02 Å². The summed E-state index contributed by atoms with van der Waals surface area (Å²) in [6.45, 7) is 1.24. The van der Waals surface area contributed by atoms with Crippen LogP contribution in [0.4, 0.5) is 8.78 Å². The molecule has 0 fully saturated rings. The number of carbonyl (C=O) groups is 1. The molecule has 1 heterocycles. The normalized spacial score (nSPS) is 14.2. The molecule has 0 N–H and O–H groups in total. The van der Waals surface area contributed by atoms with Crippen LogP contribution in [0.15, 0.2) is 28.7 Å². The monoisotopic (exact) mass is 385 g/mol. The Morgan fingerprint density at radius 3 is 2.73 bits per heavy atom. The molecule has 6 heteroatoms. The number of fused-ring (bicyclic) bond motifs is 1. The maximum absolute atomic E-state index is 14.4. The van der Waals surface area contributed by atoms with Gasteiger partial charge in [0.1, 0.15) is 11.6 Å². The van der Waals surface area contributed by atoms with E-state index in [0.29, 0.717) is 17.6 Å². The summed E-state index contributed by atoms with van der Waals surface area (Å²) in [4.78, 5) is 14.6. The van der Waals surface area contributed by atoms with Gasteiger partial charge in [0.15, 0.2) is 5.78 Å². The highest BCUT2D eigenvalue weighted by molar-refractivity contribution is 9.10. The lowest BCUT2D eigenvalue weighted by Crippen LogP contribution is -2.09. The van der Waals surface area contributed by atoms with Crippen LogP contribution in [-0.2, 0) is 13.1 Å². The highest BCUT2D eigenvalue weighted by atomic mass is 79.9. The molecule has 1 aliphatic heterocycles. The molecule has 3 rings (SSSR count). The molecule has 2 nitrogen and oxygen atoms in total. The van der Waals surface area contributed by atoms with Gasteiger partial charge in [0.05, 0.1) is 10.6 Å². The first-order valence-corrected chi connectivity index (χ1v) is 7.73. The predicted molar refractivity (Wildman–Crippen MR) is 84.1 cm³/mol. The quantitative estimate of drug-likeness (QED) is 0.705. The molecule has 1 aliphatic rings. The summed E-state index contributed by atoms with van der Waals surface area (Å²) in [6, 6.07) is 4.83. The molecule has 0 saturated heterocycles. The van der Waals surface area contributed by atoms with E-state index in [4.69, 9.17) is 11.6 Å². The number of carbonyl (C=O) groups excluding carboxylic acids is 1. The van der Waals surface area contributed by atoms with E-state index >= 15 is 0 Å². The highest BCUT2D eigenvalue weighted by Crippen LogP contribution is 2.35. The number of benzene rings is 2. The Morgan fingerprint density at radius 1 is 1.27 bits per heavy atom. The van der Waals surface area contributed by atoms with Crippen molar-refractivity contribution in [2.75, 3.05) is 7.05 Å². The van der Waals surface area contributed by atoms with Crippen molar-refractivity contribution >= 4 is 33.3 Å². The lowest BCUT2D eigenvalue weighted by atomic mass is 9.98. The van der Waals surface area contributed by atoms with Crippen LogP contribution >= 0.6 is 27.5 Å². The van der Waals surface area contributed by atoms with Gasteiger partial charge in [0.25, 0.3) is 0 Å². The van der Waals surface area contributed by atoms with Gasteiger partial charge in [-0.25, -0.2) is 8.78 Å². The van der Waals surface area contributed by atoms with E-state index in [1.54, 1.807) is 0 Å². The van der Waals surface area contributed by atoms with Gasteiger partial charge >= 0.3 is 0 Å². The molecule has 0 atom stereocenters. The molecular formula is C16H11BrClF2NO. The van der Waals surface area contributed by atoms with E-state index < -0.39 is 17.4 Å². The Morgan fingerprint density at radius 2 is 2.00 bits per heavy atom. The molecule has 0 radical (unpaired) electrons. The SMILES string of the molecule is CN1Cc2cc(F)c(C(=O)c3cc(F)ccc3Cl)c(Br)c2C1. The standard InChI is InChI=1S/C16H11BrClF2NO/c1-21-6-8-4-13(20)14(15(17)11(8)7-21)16(22)10-5-9(19)2-3-12(10)18/h2-5H,6-7H2,1H3. The Kier molecular flexibility index (Phi) is 4.05. The second kappa shape index (κ2) is 5.72. The van der Waals surface area contributed by atoms with Crippen molar-refractivity contribution in [3.8, 4) is 0 Å². The summed E-state index contributed by atoms with van der Waals surface area (Å²) in [7, 11) is 1.91. The van der Waals surface area contributed by atoms with Gasteiger partial charge in [-0.2, -0.15) is 0 Å². The van der Waals surface area contributed by atoms with Crippen LogP contribution in [0.25, 0.3) is 0 Å². The average Bonchev–Trinajstić information content (AvgIpc) is 2.82. The molecule has 0 bridgehead atoms. The van der Waals surface area contributed by atoms with Gasteiger partial charge in [0.2, 0.25) is 0 Å². The maximum atomic E-state index is 14.4. The van der Waals surface area contributed by atoms with Crippen LogP contribution in [0, 0.1) is 11.6 Å². The second-order valence-electron chi connectivity index (χ2n) is 5.31. The van der Waals surface area contributed by atoms with Gasteiger partial charge in [-0.15, -0.1) is 0 Å². The molecule has 22 heavy (non-hydrogen) atoms. The van der Waals surface area contributed by atoms with Crippen LogP contribution in [0.5, 0.6) is 0 Å². The molecule has 0 unspecified atom stereocenters. The molecule has 0 aliphatic carbocycles. The van der Waals surface area contributed by atoms with Crippen LogP contribution in [0.3, 0.4) is 0 Å². The largest absolute Gasteiger partial charge is 0.298 e. The zero-order valence-corrected chi connectivity index (χ0v) is 13.9. The van der Waals surface area contributed by atoms with Gasteiger partial charge in [-0.1, -0.05) is 11.6 Å². The summed E-state index contributed by atoms with van der Waals surface area (Å²) < 4.78 is 28.2. The number of halogens is 4. The van der Waals surface area contributed by atoms with Gasteiger partial charge < -0.3 is 0 Å². The van der Waals surface area contributed by atoms with Crippen molar-refractivity contribution in [2.45, 2.75) is 13.1 Å². The summed E-state index contributed by atoms with van der Waals surface area (Å²) in [5, 5.41) is 0.0929.